The zero-order valence-corrected chi connectivity index (χ0v) is 10.5. The third-order valence-electron chi connectivity index (χ3n) is 3.66. The van der Waals surface area contributed by atoms with Crippen LogP contribution in [0.15, 0.2) is 18.3 Å². The summed E-state index contributed by atoms with van der Waals surface area (Å²) in [7, 11) is 0. The molecule has 0 aliphatic carbocycles. The van der Waals surface area contributed by atoms with Gasteiger partial charge in [-0.25, -0.2) is 4.98 Å². The van der Waals surface area contributed by atoms with Crippen LogP contribution in [0, 0.1) is 5.92 Å². The maximum atomic E-state index is 9.42. The van der Waals surface area contributed by atoms with Crippen LogP contribution in [0.3, 0.4) is 0 Å². The highest BCUT2D eigenvalue weighted by Gasteiger charge is 2.31. The van der Waals surface area contributed by atoms with Gasteiger partial charge in [-0.05, 0) is 30.9 Å². The minimum absolute atomic E-state index is 0.0164. The molecule has 3 atom stereocenters. The largest absolute Gasteiger partial charge is 0.394 e. The molecule has 3 unspecified atom stereocenters. The predicted octanol–water partition coefficient (Wildman–Crippen LogP) is 1.31. The van der Waals surface area contributed by atoms with Crippen molar-refractivity contribution in [3.63, 3.8) is 0 Å². The second kappa shape index (κ2) is 5.02. The van der Waals surface area contributed by atoms with Gasteiger partial charge < -0.3 is 15.7 Å². The second-order valence-electron chi connectivity index (χ2n) is 4.95. The second-order valence-corrected chi connectivity index (χ2v) is 4.95. The van der Waals surface area contributed by atoms with E-state index in [1.165, 1.54) is 0 Å². The van der Waals surface area contributed by atoms with E-state index >= 15 is 0 Å². The molecule has 17 heavy (non-hydrogen) atoms. The van der Waals surface area contributed by atoms with Crippen molar-refractivity contribution in [3.05, 3.63) is 23.9 Å². The third-order valence-corrected chi connectivity index (χ3v) is 3.66. The number of aromatic nitrogens is 1. The maximum Gasteiger partial charge on any atom is 0.128 e. The van der Waals surface area contributed by atoms with E-state index in [1.807, 2.05) is 25.3 Å². The molecule has 94 valence electrons. The Morgan fingerprint density at radius 1 is 1.59 bits per heavy atom. The van der Waals surface area contributed by atoms with Crippen LogP contribution in [0.4, 0.5) is 5.82 Å². The van der Waals surface area contributed by atoms with Gasteiger partial charge in [0.25, 0.3) is 0 Å². The fourth-order valence-electron chi connectivity index (χ4n) is 2.41. The van der Waals surface area contributed by atoms with Gasteiger partial charge in [-0.1, -0.05) is 13.0 Å². The summed E-state index contributed by atoms with van der Waals surface area (Å²) in [6, 6.07) is 4.23. The van der Waals surface area contributed by atoms with Crippen molar-refractivity contribution < 1.29 is 5.11 Å². The minimum Gasteiger partial charge on any atom is -0.394 e. The number of nitrogens with zero attached hydrogens (tertiary/aromatic N) is 2. The first-order chi connectivity index (χ1) is 8.13. The highest BCUT2D eigenvalue weighted by molar-refractivity contribution is 5.42. The Kier molecular flexibility index (Phi) is 3.64. The van der Waals surface area contributed by atoms with Crippen LogP contribution >= 0.6 is 0 Å². The lowest BCUT2D eigenvalue weighted by atomic mass is 10.0. The fourth-order valence-corrected chi connectivity index (χ4v) is 2.41. The molecular weight excluding hydrogens is 214 g/mol. The number of hydrogen-bond donors (Lipinski definition) is 2. The molecule has 1 aromatic heterocycles. The molecule has 1 saturated heterocycles. The van der Waals surface area contributed by atoms with Gasteiger partial charge in [0.15, 0.2) is 0 Å². The molecule has 1 aliphatic heterocycles. The molecule has 0 amide bonds. The molecule has 2 heterocycles. The molecular formula is C13H21N3O. The van der Waals surface area contributed by atoms with E-state index in [1.54, 1.807) is 0 Å². The Balaban J connectivity index is 2.17. The van der Waals surface area contributed by atoms with Crippen LogP contribution in [0.1, 0.15) is 31.9 Å². The summed E-state index contributed by atoms with van der Waals surface area (Å²) < 4.78 is 0. The summed E-state index contributed by atoms with van der Waals surface area (Å²) in [5, 5.41) is 9.42. The molecule has 0 radical (unpaired) electrons. The summed E-state index contributed by atoms with van der Waals surface area (Å²) in [6.45, 7) is 5.29. The topological polar surface area (TPSA) is 62.4 Å². The first-order valence-electron chi connectivity index (χ1n) is 6.22. The molecule has 4 nitrogen and oxygen atoms in total. The van der Waals surface area contributed by atoms with Gasteiger partial charge in [0.05, 0.1) is 12.6 Å². The lowest BCUT2D eigenvalue weighted by Crippen LogP contribution is -2.35. The van der Waals surface area contributed by atoms with E-state index in [4.69, 9.17) is 5.73 Å². The van der Waals surface area contributed by atoms with Crippen LogP contribution in [0.25, 0.3) is 0 Å². The van der Waals surface area contributed by atoms with Crippen molar-refractivity contribution in [2.75, 3.05) is 18.1 Å². The van der Waals surface area contributed by atoms with Crippen molar-refractivity contribution in [1.29, 1.82) is 0 Å². The number of aliphatic hydroxyl groups is 1. The maximum absolute atomic E-state index is 9.42. The van der Waals surface area contributed by atoms with E-state index in [9.17, 15) is 5.11 Å². The van der Waals surface area contributed by atoms with Gasteiger partial charge >= 0.3 is 0 Å². The first-order valence-corrected chi connectivity index (χ1v) is 6.22. The molecule has 0 bridgehead atoms. The van der Waals surface area contributed by atoms with Crippen molar-refractivity contribution in [3.8, 4) is 0 Å². The molecule has 4 heteroatoms. The quantitative estimate of drug-likeness (QED) is 0.829. The average molecular weight is 235 g/mol. The van der Waals surface area contributed by atoms with Crippen LogP contribution in [0.5, 0.6) is 0 Å². The van der Waals surface area contributed by atoms with Crippen LogP contribution < -0.4 is 10.6 Å². The molecule has 0 aromatic carbocycles. The van der Waals surface area contributed by atoms with Crippen LogP contribution in [-0.4, -0.2) is 29.3 Å². The molecule has 0 saturated carbocycles. The molecule has 3 N–H and O–H groups in total. The number of nitrogens with two attached hydrogens (primary N) is 1. The fraction of sp³-hybridized carbons (Fsp3) is 0.615. The number of anilines is 1. The summed E-state index contributed by atoms with van der Waals surface area (Å²) in [5.41, 5.74) is 6.84. The van der Waals surface area contributed by atoms with E-state index in [-0.39, 0.29) is 18.7 Å². The number of rotatable bonds is 3. The van der Waals surface area contributed by atoms with E-state index < -0.39 is 0 Å². The first kappa shape index (κ1) is 12.3. The highest BCUT2D eigenvalue weighted by Crippen LogP contribution is 2.28. The molecule has 0 spiro atoms. The molecule has 2 rings (SSSR count). The monoisotopic (exact) mass is 235 g/mol. The molecule has 1 fully saturated rings. The van der Waals surface area contributed by atoms with Crippen molar-refractivity contribution in [2.24, 2.45) is 11.7 Å². The number of aliphatic hydroxyl groups excluding tert-OH is 1. The van der Waals surface area contributed by atoms with Crippen molar-refractivity contribution >= 4 is 5.82 Å². The Bertz CT molecular complexity index is 363. The zero-order chi connectivity index (χ0) is 12.4. The van der Waals surface area contributed by atoms with E-state index in [0.717, 1.165) is 24.3 Å². The Hall–Kier alpha value is -1.13. The Morgan fingerprint density at radius 2 is 2.35 bits per heavy atom. The predicted molar refractivity (Wildman–Crippen MR) is 68.8 cm³/mol. The normalized spacial score (nSPS) is 26.2. The third kappa shape index (κ3) is 2.42. The standard InChI is InChI=1S/C13H21N3O/c1-9-5-6-16(12(9)8-17)13-4-3-11(7-15-13)10(2)14/h3-4,7,9-10,12,17H,5-6,8,14H2,1-2H3. The van der Waals surface area contributed by atoms with Crippen LogP contribution in [0.2, 0.25) is 0 Å². The Morgan fingerprint density at radius 3 is 2.88 bits per heavy atom. The lowest BCUT2D eigenvalue weighted by molar-refractivity contribution is 0.244. The average Bonchev–Trinajstić information content (AvgIpc) is 2.70. The van der Waals surface area contributed by atoms with Gasteiger partial charge in [0.1, 0.15) is 5.82 Å². The summed E-state index contributed by atoms with van der Waals surface area (Å²) in [4.78, 5) is 6.64. The lowest BCUT2D eigenvalue weighted by Gasteiger charge is -2.26. The summed E-state index contributed by atoms with van der Waals surface area (Å²) in [5.74, 6) is 1.47. The van der Waals surface area contributed by atoms with Gasteiger partial charge in [-0.3, -0.25) is 0 Å². The Labute approximate surface area is 102 Å². The van der Waals surface area contributed by atoms with Gasteiger partial charge in [0.2, 0.25) is 0 Å². The summed E-state index contributed by atoms with van der Waals surface area (Å²) in [6.07, 6.45) is 2.94. The van der Waals surface area contributed by atoms with Crippen molar-refractivity contribution in [1.82, 2.24) is 4.98 Å². The van der Waals surface area contributed by atoms with E-state index in [0.29, 0.717) is 5.92 Å². The smallest absolute Gasteiger partial charge is 0.128 e. The number of pyridine rings is 1. The van der Waals surface area contributed by atoms with Crippen LogP contribution in [-0.2, 0) is 0 Å². The van der Waals surface area contributed by atoms with Gasteiger partial charge in [-0.2, -0.15) is 0 Å². The highest BCUT2D eigenvalue weighted by atomic mass is 16.3. The van der Waals surface area contributed by atoms with Gasteiger partial charge in [0, 0.05) is 18.8 Å². The summed E-state index contributed by atoms with van der Waals surface area (Å²) >= 11 is 0. The van der Waals surface area contributed by atoms with E-state index in [2.05, 4.69) is 16.8 Å². The number of hydrogen-bond acceptors (Lipinski definition) is 4. The van der Waals surface area contributed by atoms with Crippen molar-refractivity contribution in [2.45, 2.75) is 32.4 Å². The zero-order valence-electron chi connectivity index (χ0n) is 10.5. The minimum atomic E-state index is 0.0164. The molecule has 1 aromatic rings. The van der Waals surface area contributed by atoms with Gasteiger partial charge in [-0.15, -0.1) is 0 Å². The SMILES string of the molecule is CC(N)c1ccc(N2CCC(C)C2CO)nc1. The molecule has 1 aliphatic rings.